The third-order valence-electron chi connectivity index (χ3n) is 2.87. The Morgan fingerprint density at radius 3 is 3.00 bits per heavy atom. The molecule has 0 bridgehead atoms. The molecule has 0 aromatic heterocycles. The highest BCUT2D eigenvalue weighted by atomic mass is 16.6. The fraction of sp³-hybridized carbons (Fsp3) is 0.538. The molecule has 1 heterocycles. The van der Waals surface area contributed by atoms with Gasteiger partial charge in [-0.05, 0) is 24.5 Å². The summed E-state index contributed by atoms with van der Waals surface area (Å²) in [5.74, 6) is 5.97. The van der Waals surface area contributed by atoms with E-state index in [0.29, 0.717) is 13.2 Å². The summed E-state index contributed by atoms with van der Waals surface area (Å²) < 4.78 is 11.4. The number of hydrogen-bond donors (Lipinski definition) is 1. The molecule has 17 heavy (non-hydrogen) atoms. The molecule has 1 saturated heterocycles. The largest absolute Gasteiger partial charge is 0.488 e. The van der Waals surface area contributed by atoms with E-state index in [0.717, 1.165) is 37.2 Å². The summed E-state index contributed by atoms with van der Waals surface area (Å²) in [4.78, 5) is 4.61. The van der Waals surface area contributed by atoms with Gasteiger partial charge >= 0.3 is 0 Å². The van der Waals surface area contributed by atoms with E-state index in [9.17, 15) is 0 Å². The lowest BCUT2D eigenvalue weighted by Gasteiger charge is -2.24. The first kappa shape index (κ1) is 12.4. The standard InChI is InChI=1S/C13H19NO3/c14-16-9-7-11-4-1-2-6-13(11)17-12-5-3-8-15-10-12/h1-2,4,6,12H,3,5,7-10,14H2. The summed E-state index contributed by atoms with van der Waals surface area (Å²) in [5, 5.41) is 0. The van der Waals surface area contributed by atoms with Crippen LogP contribution in [0.5, 0.6) is 5.75 Å². The van der Waals surface area contributed by atoms with E-state index in [1.54, 1.807) is 0 Å². The number of rotatable bonds is 5. The second-order valence-electron chi connectivity index (χ2n) is 4.19. The van der Waals surface area contributed by atoms with Crippen LogP contribution in [0.2, 0.25) is 0 Å². The monoisotopic (exact) mass is 237 g/mol. The van der Waals surface area contributed by atoms with Crippen LogP contribution in [0, 0.1) is 0 Å². The molecule has 2 N–H and O–H groups in total. The molecule has 4 heteroatoms. The van der Waals surface area contributed by atoms with Crippen LogP contribution >= 0.6 is 0 Å². The molecular weight excluding hydrogens is 218 g/mol. The summed E-state index contributed by atoms with van der Waals surface area (Å²) in [6, 6.07) is 8.00. The van der Waals surface area contributed by atoms with Crippen LogP contribution in [-0.4, -0.2) is 25.9 Å². The van der Waals surface area contributed by atoms with Gasteiger partial charge in [0.15, 0.2) is 0 Å². The Labute approximate surface area is 102 Å². The summed E-state index contributed by atoms with van der Waals surface area (Å²) in [7, 11) is 0. The van der Waals surface area contributed by atoms with Crippen LogP contribution in [0.3, 0.4) is 0 Å². The van der Waals surface area contributed by atoms with Crippen LogP contribution < -0.4 is 10.6 Å². The highest BCUT2D eigenvalue weighted by molar-refractivity contribution is 5.33. The maximum atomic E-state index is 5.96. The van der Waals surface area contributed by atoms with Crippen molar-refractivity contribution in [3.63, 3.8) is 0 Å². The number of ether oxygens (including phenoxy) is 2. The Morgan fingerprint density at radius 2 is 2.24 bits per heavy atom. The van der Waals surface area contributed by atoms with Gasteiger partial charge in [0.25, 0.3) is 0 Å². The molecule has 94 valence electrons. The van der Waals surface area contributed by atoms with E-state index < -0.39 is 0 Å². The normalized spacial score (nSPS) is 20.2. The van der Waals surface area contributed by atoms with Crippen molar-refractivity contribution in [1.29, 1.82) is 0 Å². The lowest BCUT2D eigenvalue weighted by atomic mass is 10.1. The molecule has 0 saturated carbocycles. The summed E-state index contributed by atoms with van der Waals surface area (Å²) in [6.45, 7) is 2.03. The highest BCUT2D eigenvalue weighted by Crippen LogP contribution is 2.22. The first-order valence-electron chi connectivity index (χ1n) is 6.04. The van der Waals surface area contributed by atoms with Crippen LogP contribution in [0.15, 0.2) is 24.3 Å². The summed E-state index contributed by atoms with van der Waals surface area (Å²) in [6.07, 6.45) is 3.06. The van der Waals surface area contributed by atoms with E-state index in [-0.39, 0.29) is 6.10 Å². The van der Waals surface area contributed by atoms with Crippen molar-refractivity contribution < 1.29 is 14.3 Å². The van der Waals surface area contributed by atoms with Gasteiger partial charge < -0.3 is 14.3 Å². The minimum Gasteiger partial charge on any atom is -0.488 e. The van der Waals surface area contributed by atoms with Gasteiger partial charge in [-0.3, -0.25) is 0 Å². The van der Waals surface area contributed by atoms with Crippen LogP contribution in [-0.2, 0) is 16.0 Å². The van der Waals surface area contributed by atoms with Crippen LogP contribution in [0.4, 0.5) is 0 Å². The van der Waals surface area contributed by atoms with E-state index >= 15 is 0 Å². The molecule has 1 atom stereocenters. The lowest BCUT2D eigenvalue weighted by Crippen LogP contribution is -2.28. The van der Waals surface area contributed by atoms with Gasteiger partial charge in [-0.1, -0.05) is 18.2 Å². The SMILES string of the molecule is NOCCc1ccccc1OC1CCCOC1. The molecule has 0 spiro atoms. The Balaban J connectivity index is 1.98. The van der Waals surface area contributed by atoms with Gasteiger partial charge in [-0.15, -0.1) is 0 Å². The zero-order chi connectivity index (χ0) is 11.9. The summed E-state index contributed by atoms with van der Waals surface area (Å²) >= 11 is 0. The zero-order valence-electron chi connectivity index (χ0n) is 9.93. The third kappa shape index (κ3) is 3.70. The van der Waals surface area contributed by atoms with E-state index in [4.69, 9.17) is 15.4 Å². The smallest absolute Gasteiger partial charge is 0.123 e. The molecule has 0 radical (unpaired) electrons. The average molecular weight is 237 g/mol. The number of hydrogen-bond acceptors (Lipinski definition) is 4. The summed E-state index contributed by atoms with van der Waals surface area (Å²) in [5.41, 5.74) is 1.13. The Kier molecular flexibility index (Phi) is 4.79. The van der Waals surface area contributed by atoms with Crippen LogP contribution in [0.1, 0.15) is 18.4 Å². The Morgan fingerprint density at radius 1 is 1.35 bits per heavy atom. The van der Waals surface area contributed by atoms with Gasteiger partial charge in [0, 0.05) is 13.0 Å². The van der Waals surface area contributed by atoms with Crippen LogP contribution in [0.25, 0.3) is 0 Å². The molecule has 2 rings (SSSR count). The predicted molar refractivity (Wildman–Crippen MR) is 64.8 cm³/mol. The first-order chi connectivity index (χ1) is 8.40. The van der Waals surface area contributed by atoms with Gasteiger partial charge in [-0.25, -0.2) is 5.90 Å². The molecule has 0 aliphatic carbocycles. The van der Waals surface area contributed by atoms with E-state index in [1.807, 2.05) is 24.3 Å². The molecule has 1 fully saturated rings. The number of para-hydroxylation sites is 1. The minimum atomic E-state index is 0.170. The van der Waals surface area contributed by atoms with Crippen molar-refractivity contribution in [1.82, 2.24) is 0 Å². The number of nitrogens with two attached hydrogens (primary N) is 1. The molecule has 1 unspecified atom stereocenters. The third-order valence-corrected chi connectivity index (χ3v) is 2.87. The predicted octanol–water partition coefficient (Wildman–Crippen LogP) is 1.68. The molecule has 1 aromatic rings. The second kappa shape index (κ2) is 6.59. The quantitative estimate of drug-likeness (QED) is 0.792. The Bertz CT molecular complexity index is 337. The van der Waals surface area contributed by atoms with Gasteiger partial charge in [-0.2, -0.15) is 0 Å². The average Bonchev–Trinajstić information content (AvgIpc) is 2.39. The van der Waals surface area contributed by atoms with E-state index in [2.05, 4.69) is 4.84 Å². The number of benzene rings is 1. The fourth-order valence-corrected chi connectivity index (χ4v) is 1.98. The highest BCUT2D eigenvalue weighted by Gasteiger charge is 2.16. The van der Waals surface area contributed by atoms with Crippen molar-refractivity contribution >= 4 is 0 Å². The van der Waals surface area contributed by atoms with Gasteiger partial charge in [0.2, 0.25) is 0 Å². The molecule has 1 aliphatic rings. The second-order valence-corrected chi connectivity index (χ2v) is 4.19. The van der Waals surface area contributed by atoms with E-state index in [1.165, 1.54) is 0 Å². The van der Waals surface area contributed by atoms with Crippen molar-refractivity contribution in [2.24, 2.45) is 5.90 Å². The molecular formula is C13H19NO3. The topological polar surface area (TPSA) is 53.7 Å². The van der Waals surface area contributed by atoms with Crippen molar-refractivity contribution in [3.05, 3.63) is 29.8 Å². The van der Waals surface area contributed by atoms with Crippen molar-refractivity contribution in [2.45, 2.75) is 25.4 Å². The molecule has 4 nitrogen and oxygen atoms in total. The van der Waals surface area contributed by atoms with Gasteiger partial charge in [0.1, 0.15) is 11.9 Å². The van der Waals surface area contributed by atoms with Crippen molar-refractivity contribution in [3.8, 4) is 5.75 Å². The zero-order valence-corrected chi connectivity index (χ0v) is 9.93. The maximum absolute atomic E-state index is 5.96. The maximum Gasteiger partial charge on any atom is 0.123 e. The Hall–Kier alpha value is -1.10. The molecule has 1 aliphatic heterocycles. The molecule has 1 aromatic carbocycles. The fourth-order valence-electron chi connectivity index (χ4n) is 1.98. The minimum absolute atomic E-state index is 0.170. The molecule has 0 amide bonds. The first-order valence-corrected chi connectivity index (χ1v) is 6.04. The lowest BCUT2D eigenvalue weighted by molar-refractivity contribution is 0.00688. The van der Waals surface area contributed by atoms with Crippen molar-refractivity contribution in [2.75, 3.05) is 19.8 Å². The van der Waals surface area contributed by atoms with Gasteiger partial charge in [0.05, 0.1) is 13.2 Å².